The smallest absolute Gasteiger partial charge is 0.264 e. The molecule has 1 N–H and O–H groups in total. The largest absolute Gasteiger partial charge is 0.476 e. The standard InChI is InChI=1S/C28H40N2O4S/c1-7-9-10-21(8-2)18-29-27(31)26-19-30(35(32,33)23-14-11-20(3)12-15-23)24-17-22(28(4,5)6)13-16-25(24)34-26/h11-17,21,26H,7-10,18-19H2,1-6H3,(H,29,31)/t21-,26+/m0/s1. The van der Waals surface area contributed by atoms with E-state index in [0.29, 0.717) is 23.9 Å². The molecule has 0 aromatic heterocycles. The molecule has 7 heteroatoms. The molecule has 35 heavy (non-hydrogen) atoms. The van der Waals surface area contributed by atoms with Crippen molar-refractivity contribution in [2.45, 2.75) is 83.6 Å². The van der Waals surface area contributed by atoms with Crippen molar-refractivity contribution in [3.8, 4) is 5.75 Å². The first-order chi connectivity index (χ1) is 16.5. The van der Waals surface area contributed by atoms with Crippen molar-refractivity contribution in [2.24, 2.45) is 5.92 Å². The molecule has 0 radical (unpaired) electrons. The van der Waals surface area contributed by atoms with Gasteiger partial charge in [0.1, 0.15) is 5.75 Å². The van der Waals surface area contributed by atoms with E-state index in [1.807, 2.05) is 19.1 Å². The molecule has 1 aliphatic rings. The average molecular weight is 501 g/mol. The lowest BCUT2D eigenvalue weighted by molar-refractivity contribution is -0.127. The van der Waals surface area contributed by atoms with E-state index < -0.39 is 16.1 Å². The molecule has 1 heterocycles. The van der Waals surface area contributed by atoms with Crippen molar-refractivity contribution >= 4 is 21.6 Å². The van der Waals surface area contributed by atoms with E-state index in [1.54, 1.807) is 30.3 Å². The highest BCUT2D eigenvalue weighted by Gasteiger charge is 2.38. The molecule has 192 valence electrons. The highest BCUT2D eigenvalue weighted by molar-refractivity contribution is 7.92. The minimum atomic E-state index is -3.90. The number of benzene rings is 2. The Kier molecular flexibility index (Phi) is 8.52. The summed E-state index contributed by atoms with van der Waals surface area (Å²) in [6, 6.07) is 12.4. The number of nitrogens with zero attached hydrogens (tertiary/aromatic N) is 1. The number of carbonyl (C=O) groups excluding carboxylic acids is 1. The average Bonchev–Trinajstić information content (AvgIpc) is 2.82. The Morgan fingerprint density at radius 3 is 2.43 bits per heavy atom. The molecule has 1 amide bonds. The summed E-state index contributed by atoms with van der Waals surface area (Å²) in [5, 5.41) is 3.01. The summed E-state index contributed by atoms with van der Waals surface area (Å²) in [5.41, 5.74) is 2.27. The van der Waals surface area contributed by atoms with Gasteiger partial charge in [-0.3, -0.25) is 9.10 Å². The number of carbonyl (C=O) groups is 1. The van der Waals surface area contributed by atoms with Crippen LogP contribution >= 0.6 is 0 Å². The van der Waals surface area contributed by atoms with Gasteiger partial charge in [0.15, 0.2) is 6.10 Å². The van der Waals surface area contributed by atoms with Crippen LogP contribution in [0, 0.1) is 12.8 Å². The lowest BCUT2D eigenvalue weighted by atomic mass is 9.86. The van der Waals surface area contributed by atoms with Gasteiger partial charge in [-0.2, -0.15) is 0 Å². The Morgan fingerprint density at radius 2 is 1.83 bits per heavy atom. The van der Waals surface area contributed by atoms with E-state index in [9.17, 15) is 13.2 Å². The van der Waals surface area contributed by atoms with Gasteiger partial charge in [0.05, 0.1) is 17.1 Å². The van der Waals surface area contributed by atoms with E-state index in [2.05, 4.69) is 39.9 Å². The summed E-state index contributed by atoms with van der Waals surface area (Å²) in [4.78, 5) is 13.3. The van der Waals surface area contributed by atoms with Gasteiger partial charge in [-0.05, 0) is 54.5 Å². The maximum absolute atomic E-state index is 13.8. The monoisotopic (exact) mass is 500 g/mol. The van der Waals surface area contributed by atoms with Crippen LogP contribution in [0.5, 0.6) is 5.75 Å². The fourth-order valence-electron chi connectivity index (χ4n) is 4.22. The zero-order valence-corrected chi connectivity index (χ0v) is 22.7. The maximum atomic E-state index is 13.8. The molecule has 0 saturated carbocycles. The lowest BCUT2D eigenvalue weighted by Gasteiger charge is -2.36. The van der Waals surface area contributed by atoms with Gasteiger partial charge >= 0.3 is 0 Å². The second-order valence-electron chi connectivity index (χ2n) is 10.5. The van der Waals surface area contributed by atoms with Gasteiger partial charge in [-0.15, -0.1) is 0 Å². The van der Waals surface area contributed by atoms with Crippen LogP contribution in [0.3, 0.4) is 0 Å². The molecule has 2 aromatic carbocycles. The normalized spacial score (nSPS) is 16.9. The molecule has 0 saturated heterocycles. The zero-order valence-electron chi connectivity index (χ0n) is 21.9. The number of fused-ring (bicyclic) bond motifs is 1. The highest BCUT2D eigenvalue weighted by atomic mass is 32.2. The molecular formula is C28H40N2O4S. The molecule has 0 spiro atoms. The molecule has 0 bridgehead atoms. The maximum Gasteiger partial charge on any atom is 0.264 e. The first-order valence-electron chi connectivity index (χ1n) is 12.7. The molecule has 6 nitrogen and oxygen atoms in total. The molecular weight excluding hydrogens is 460 g/mol. The van der Waals surface area contributed by atoms with Gasteiger partial charge in [-0.1, -0.05) is 77.6 Å². The number of rotatable bonds is 9. The second-order valence-corrected chi connectivity index (χ2v) is 12.4. The number of hydrogen-bond acceptors (Lipinski definition) is 4. The Morgan fingerprint density at radius 1 is 1.14 bits per heavy atom. The van der Waals surface area contributed by atoms with Gasteiger partial charge in [0.25, 0.3) is 15.9 Å². The summed E-state index contributed by atoms with van der Waals surface area (Å²) < 4.78 is 34.9. The van der Waals surface area contributed by atoms with E-state index in [0.717, 1.165) is 36.8 Å². The Bertz CT molecular complexity index is 1120. The van der Waals surface area contributed by atoms with Crippen molar-refractivity contribution < 1.29 is 17.9 Å². The molecule has 0 fully saturated rings. The number of nitrogens with one attached hydrogen (secondary N) is 1. The van der Waals surface area contributed by atoms with Crippen molar-refractivity contribution in [2.75, 3.05) is 17.4 Å². The minimum Gasteiger partial charge on any atom is -0.476 e. The number of hydrogen-bond donors (Lipinski definition) is 1. The quantitative estimate of drug-likeness (QED) is 0.488. The summed E-state index contributed by atoms with van der Waals surface area (Å²) in [5.74, 6) is 0.518. The van der Waals surface area contributed by atoms with Crippen molar-refractivity contribution in [3.05, 3.63) is 53.6 Å². The number of amides is 1. The van der Waals surface area contributed by atoms with Crippen LogP contribution in [0.1, 0.15) is 71.4 Å². The molecule has 1 aliphatic heterocycles. The second kappa shape index (κ2) is 11.0. The van der Waals surface area contributed by atoms with Crippen LogP contribution in [-0.2, 0) is 20.2 Å². The van der Waals surface area contributed by atoms with Crippen LogP contribution in [0.15, 0.2) is 47.4 Å². The Labute approximate surface area is 211 Å². The predicted molar refractivity (Wildman–Crippen MR) is 142 cm³/mol. The summed E-state index contributed by atoms with van der Waals surface area (Å²) >= 11 is 0. The Balaban J connectivity index is 1.94. The van der Waals surface area contributed by atoms with Gasteiger partial charge < -0.3 is 10.1 Å². The van der Waals surface area contributed by atoms with Gasteiger partial charge in [-0.25, -0.2) is 8.42 Å². The van der Waals surface area contributed by atoms with Crippen LogP contribution in [0.25, 0.3) is 0 Å². The lowest BCUT2D eigenvalue weighted by Crippen LogP contribution is -2.51. The summed E-state index contributed by atoms with van der Waals surface area (Å²) in [6.07, 6.45) is 3.37. The highest BCUT2D eigenvalue weighted by Crippen LogP contribution is 2.40. The van der Waals surface area contributed by atoms with Crippen LogP contribution < -0.4 is 14.4 Å². The first kappa shape index (κ1) is 27.1. The van der Waals surface area contributed by atoms with Crippen LogP contribution in [0.4, 0.5) is 5.69 Å². The third kappa shape index (κ3) is 6.37. The van der Waals surface area contributed by atoms with E-state index in [1.165, 1.54) is 4.31 Å². The van der Waals surface area contributed by atoms with Crippen molar-refractivity contribution in [1.29, 1.82) is 0 Å². The number of sulfonamides is 1. The molecule has 0 unspecified atom stereocenters. The first-order valence-corrected chi connectivity index (χ1v) is 14.1. The predicted octanol–water partition coefficient (Wildman–Crippen LogP) is 5.58. The number of ether oxygens (including phenoxy) is 1. The van der Waals surface area contributed by atoms with Crippen molar-refractivity contribution in [3.63, 3.8) is 0 Å². The van der Waals surface area contributed by atoms with Crippen molar-refractivity contribution in [1.82, 2.24) is 5.32 Å². The molecule has 2 atom stereocenters. The third-order valence-electron chi connectivity index (χ3n) is 6.70. The SMILES string of the molecule is CCCC[C@H](CC)CNC(=O)[C@H]1CN(S(=O)(=O)c2ccc(C)cc2)c2cc(C(C)(C)C)ccc2O1. The number of unbranched alkanes of at least 4 members (excludes halogenated alkanes) is 1. The summed E-state index contributed by atoms with van der Waals surface area (Å²) in [6.45, 7) is 12.9. The van der Waals surface area contributed by atoms with Gasteiger partial charge in [0.2, 0.25) is 0 Å². The number of aryl methyl sites for hydroxylation is 1. The van der Waals surface area contributed by atoms with E-state index >= 15 is 0 Å². The fraction of sp³-hybridized carbons (Fsp3) is 0.536. The van der Waals surface area contributed by atoms with E-state index in [4.69, 9.17) is 4.74 Å². The van der Waals surface area contributed by atoms with Crippen LogP contribution in [-0.4, -0.2) is 33.5 Å². The Hall–Kier alpha value is -2.54. The minimum absolute atomic E-state index is 0.0750. The summed E-state index contributed by atoms with van der Waals surface area (Å²) in [7, 11) is -3.90. The molecule has 0 aliphatic carbocycles. The van der Waals surface area contributed by atoms with Gasteiger partial charge in [0, 0.05) is 6.54 Å². The zero-order chi connectivity index (χ0) is 25.8. The van der Waals surface area contributed by atoms with E-state index in [-0.39, 0.29) is 22.8 Å². The molecule has 2 aromatic rings. The topological polar surface area (TPSA) is 75.7 Å². The fourth-order valence-corrected chi connectivity index (χ4v) is 5.69. The third-order valence-corrected chi connectivity index (χ3v) is 8.50. The number of anilines is 1. The van der Waals surface area contributed by atoms with Crippen LogP contribution in [0.2, 0.25) is 0 Å². The molecule has 3 rings (SSSR count).